The molecule has 2 N–H and O–H groups in total. The lowest BCUT2D eigenvalue weighted by molar-refractivity contribution is -0.121. The topological polar surface area (TPSA) is 41.1 Å². The SMILES string of the molecule is C#CCCCNC(=O)CCNC(C)(C)C. The molecule has 1 amide bonds. The van der Waals surface area contributed by atoms with E-state index in [1.807, 2.05) is 0 Å². The lowest BCUT2D eigenvalue weighted by Crippen LogP contribution is -2.38. The lowest BCUT2D eigenvalue weighted by Gasteiger charge is -2.20. The Morgan fingerprint density at radius 3 is 2.53 bits per heavy atom. The first kappa shape index (κ1) is 14.0. The molecule has 0 spiro atoms. The maximum absolute atomic E-state index is 11.3. The first-order valence-corrected chi connectivity index (χ1v) is 5.41. The summed E-state index contributed by atoms with van der Waals surface area (Å²) in [5, 5.41) is 6.09. The van der Waals surface area contributed by atoms with Crippen LogP contribution >= 0.6 is 0 Å². The van der Waals surface area contributed by atoms with Crippen LogP contribution in [0.3, 0.4) is 0 Å². The summed E-state index contributed by atoms with van der Waals surface area (Å²) in [4.78, 5) is 11.3. The van der Waals surface area contributed by atoms with Gasteiger partial charge in [0, 0.05) is 31.5 Å². The van der Waals surface area contributed by atoms with Crippen molar-refractivity contribution in [3.63, 3.8) is 0 Å². The van der Waals surface area contributed by atoms with Gasteiger partial charge in [0.1, 0.15) is 0 Å². The number of unbranched alkanes of at least 4 members (excludes halogenated alkanes) is 1. The summed E-state index contributed by atoms with van der Waals surface area (Å²) >= 11 is 0. The van der Waals surface area contributed by atoms with E-state index in [0.29, 0.717) is 19.5 Å². The lowest BCUT2D eigenvalue weighted by atomic mass is 10.1. The second kappa shape index (κ2) is 7.30. The molecule has 3 heteroatoms. The van der Waals surface area contributed by atoms with E-state index < -0.39 is 0 Å². The van der Waals surface area contributed by atoms with Gasteiger partial charge in [0.25, 0.3) is 0 Å². The molecule has 0 aromatic carbocycles. The Bertz CT molecular complexity index is 223. The number of nitrogens with one attached hydrogen (secondary N) is 2. The third-order valence-corrected chi connectivity index (χ3v) is 1.83. The quantitative estimate of drug-likeness (QED) is 0.512. The Hall–Kier alpha value is -1.01. The molecule has 0 aromatic heterocycles. The number of hydrogen-bond donors (Lipinski definition) is 2. The molecular weight excluding hydrogens is 188 g/mol. The third-order valence-electron chi connectivity index (χ3n) is 1.83. The number of carbonyl (C=O) groups excluding carboxylic acids is 1. The van der Waals surface area contributed by atoms with Crippen molar-refractivity contribution in [2.75, 3.05) is 13.1 Å². The molecule has 0 aliphatic carbocycles. The fraction of sp³-hybridized carbons (Fsp3) is 0.750. The van der Waals surface area contributed by atoms with Crippen LogP contribution in [0.15, 0.2) is 0 Å². The van der Waals surface area contributed by atoms with Crippen LogP contribution in [0.1, 0.15) is 40.0 Å². The summed E-state index contributed by atoms with van der Waals surface area (Å²) in [5.74, 6) is 2.63. The molecule has 15 heavy (non-hydrogen) atoms. The monoisotopic (exact) mass is 210 g/mol. The molecule has 0 fully saturated rings. The standard InChI is InChI=1S/C12H22N2O/c1-5-6-7-9-13-11(15)8-10-14-12(2,3)4/h1,14H,6-10H2,2-4H3,(H,13,15). The highest BCUT2D eigenvalue weighted by molar-refractivity contribution is 5.75. The van der Waals surface area contributed by atoms with E-state index in [0.717, 1.165) is 12.8 Å². The molecule has 0 atom stereocenters. The van der Waals surface area contributed by atoms with E-state index >= 15 is 0 Å². The molecule has 0 bridgehead atoms. The highest BCUT2D eigenvalue weighted by Crippen LogP contribution is 1.97. The van der Waals surface area contributed by atoms with E-state index in [1.165, 1.54) is 0 Å². The first-order chi connectivity index (χ1) is 6.95. The van der Waals surface area contributed by atoms with E-state index in [1.54, 1.807) is 0 Å². The minimum Gasteiger partial charge on any atom is -0.356 e. The molecule has 0 rings (SSSR count). The Balaban J connectivity index is 3.39. The predicted molar refractivity (Wildman–Crippen MR) is 63.4 cm³/mol. The summed E-state index contributed by atoms with van der Waals surface area (Å²) in [6.07, 6.45) is 7.20. The minimum atomic E-state index is 0.0732. The summed E-state index contributed by atoms with van der Waals surface area (Å²) in [6, 6.07) is 0. The van der Waals surface area contributed by atoms with Crippen molar-refractivity contribution >= 4 is 5.91 Å². The van der Waals surface area contributed by atoms with Crippen LogP contribution in [0.2, 0.25) is 0 Å². The molecule has 0 saturated heterocycles. The number of rotatable bonds is 6. The van der Waals surface area contributed by atoms with Gasteiger partial charge < -0.3 is 10.6 Å². The predicted octanol–water partition coefficient (Wildman–Crippen LogP) is 1.29. The van der Waals surface area contributed by atoms with Gasteiger partial charge in [-0.1, -0.05) is 0 Å². The van der Waals surface area contributed by atoms with Gasteiger partial charge in [-0.15, -0.1) is 12.3 Å². The van der Waals surface area contributed by atoms with E-state index in [-0.39, 0.29) is 11.4 Å². The van der Waals surface area contributed by atoms with Crippen LogP contribution in [0.4, 0.5) is 0 Å². The molecule has 0 radical (unpaired) electrons. The van der Waals surface area contributed by atoms with Gasteiger partial charge in [-0.05, 0) is 27.2 Å². The van der Waals surface area contributed by atoms with Crippen molar-refractivity contribution in [3.05, 3.63) is 0 Å². The highest BCUT2D eigenvalue weighted by atomic mass is 16.1. The van der Waals surface area contributed by atoms with E-state index in [2.05, 4.69) is 37.3 Å². The normalized spacial score (nSPS) is 10.8. The average Bonchev–Trinajstić information content (AvgIpc) is 2.10. The third kappa shape index (κ3) is 10.9. The molecular formula is C12H22N2O. The van der Waals surface area contributed by atoms with Crippen LogP contribution in [-0.2, 0) is 4.79 Å². The summed E-state index contributed by atoms with van der Waals surface area (Å²) in [7, 11) is 0. The fourth-order valence-corrected chi connectivity index (χ4v) is 1.06. The second-order valence-electron chi connectivity index (χ2n) is 4.58. The van der Waals surface area contributed by atoms with Gasteiger partial charge >= 0.3 is 0 Å². The Kier molecular flexibility index (Phi) is 6.81. The second-order valence-corrected chi connectivity index (χ2v) is 4.58. The molecule has 0 aromatic rings. The van der Waals surface area contributed by atoms with Crippen molar-refractivity contribution in [2.45, 2.75) is 45.6 Å². The van der Waals surface area contributed by atoms with Crippen molar-refractivity contribution in [2.24, 2.45) is 0 Å². The molecule has 0 heterocycles. The maximum Gasteiger partial charge on any atom is 0.221 e. The Labute approximate surface area is 93.0 Å². The summed E-state index contributed by atoms with van der Waals surface area (Å²) < 4.78 is 0. The van der Waals surface area contributed by atoms with Crippen molar-refractivity contribution in [3.8, 4) is 12.3 Å². The highest BCUT2D eigenvalue weighted by Gasteiger charge is 2.08. The minimum absolute atomic E-state index is 0.0732. The molecule has 0 saturated carbocycles. The number of hydrogen-bond acceptors (Lipinski definition) is 2. The molecule has 0 aliphatic heterocycles. The van der Waals surface area contributed by atoms with Crippen LogP contribution in [-0.4, -0.2) is 24.5 Å². The number of amides is 1. The number of terminal acetylenes is 1. The summed E-state index contributed by atoms with van der Waals surface area (Å²) in [6.45, 7) is 7.64. The molecule has 0 aliphatic rings. The van der Waals surface area contributed by atoms with Crippen LogP contribution < -0.4 is 10.6 Å². The van der Waals surface area contributed by atoms with Crippen LogP contribution in [0.5, 0.6) is 0 Å². The van der Waals surface area contributed by atoms with Crippen molar-refractivity contribution in [1.82, 2.24) is 10.6 Å². The fourth-order valence-electron chi connectivity index (χ4n) is 1.06. The van der Waals surface area contributed by atoms with Crippen LogP contribution in [0.25, 0.3) is 0 Å². The smallest absolute Gasteiger partial charge is 0.221 e. The zero-order valence-corrected chi connectivity index (χ0v) is 10.0. The Morgan fingerprint density at radius 2 is 2.00 bits per heavy atom. The first-order valence-electron chi connectivity index (χ1n) is 5.41. The largest absolute Gasteiger partial charge is 0.356 e. The van der Waals surface area contributed by atoms with Crippen molar-refractivity contribution in [1.29, 1.82) is 0 Å². The van der Waals surface area contributed by atoms with Gasteiger partial charge in [0.2, 0.25) is 5.91 Å². The molecule has 86 valence electrons. The molecule has 3 nitrogen and oxygen atoms in total. The van der Waals surface area contributed by atoms with Gasteiger partial charge in [-0.25, -0.2) is 0 Å². The van der Waals surface area contributed by atoms with Gasteiger partial charge in [-0.3, -0.25) is 4.79 Å². The maximum atomic E-state index is 11.3. The Morgan fingerprint density at radius 1 is 1.33 bits per heavy atom. The van der Waals surface area contributed by atoms with Gasteiger partial charge in [-0.2, -0.15) is 0 Å². The van der Waals surface area contributed by atoms with E-state index in [4.69, 9.17) is 6.42 Å². The average molecular weight is 210 g/mol. The zero-order valence-electron chi connectivity index (χ0n) is 10.0. The van der Waals surface area contributed by atoms with Gasteiger partial charge in [0.15, 0.2) is 0 Å². The number of carbonyl (C=O) groups is 1. The van der Waals surface area contributed by atoms with Gasteiger partial charge in [0.05, 0.1) is 0 Å². The summed E-state index contributed by atoms with van der Waals surface area (Å²) in [5.41, 5.74) is 0.0732. The van der Waals surface area contributed by atoms with E-state index in [9.17, 15) is 4.79 Å². The zero-order chi connectivity index (χ0) is 11.7. The van der Waals surface area contributed by atoms with Crippen molar-refractivity contribution < 1.29 is 4.79 Å². The molecule has 0 unspecified atom stereocenters. The van der Waals surface area contributed by atoms with Crippen LogP contribution in [0, 0.1) is 12.3 Å².